The van der Waals surface area contributed by atoms with Crippen LogP contribution in [0.25, 0.3) is 11.0 Å². The number of benzene rings is 1. The molecule has 1 N–H and O–H groups in total. The van der Waals surface area contributed by atoms with Gasteiger partial charge in [-0.2, -0.15) is 5.10 Å². The summed E-state index contributed by atoms with van der Waals surface area (Å²) in [6.07, 6.45) is 1.58. The van der Waals surface area contributed by atoms with Crippen molar-refractivity contribution in [2.24, 2.45) is 7.05 Å². The molecule has 0 aliphatic carbocycles. The Kier molecular flexibility index (Phi) is 3.17. The number of nitrogens with zero attached hydrogens (tertiary/aromatic N) is 3. The highest BCUT2D eigenvalue weighted by atomic mass is 16.1. The Bertz CT molecular complexity index is 835. The fourth-order valence-corrected chi connectivity index (χ4v) is 2.36. The lowest BCUT2D eigenvalue weighted by Crippen LogP contribution is -2.12. The lowest BCUT2D eigenvalue weighted by molar-refractivity contribution is 0.102. The monoisotopic (exact) mass is 280 g/mol. The minimum Gasteiger partial charge on any atom is -0.322 e. The van der Waals surface area contributed by atoms with Gasteiger partial charge < -0.3 is 5.32 Å². The zero-order valence-electron chi connectivity index (χ0n) is 12.2. The third kappa shape index (κ3) is 2.50. The second kappa shape index (κ2) is 5.01. The van der Waals surface area contributed by atoms with Crippen LogP contribution in [-0.2, 0) is 7.05 Å². The lowest BCUT2D eigenvalue weighted by atomic mass is 10.2. The maximum atomic E-state index is 12.3. The first kappa shape index (κ1) is 13.3. The number of aryl methyl sites for hydroxylation is 3. The number of pyridine rings is 1. The number of hydrogen-bond donors (Lipinski definition) is 1. The summed E-state index contributed by atoms with van der Waals surface area (Å²) < 4.78 is 1.72. The number of hydrogen-bond acceptors (Lipinski definition) is 3. The van der Waals surface area contributed by atoms with E-state index in [1.54, 1.807) is 10.9 Å². The summed E-state index contributed by atoms with van der Waals surface area (Å²) in [6.45, 7) is 3.90. The number of carbonyl (C=O) groups is 1. The zero-order valence-corrected chi connectivity index (χ0v) is 12.2. The van der Waals surface area contributed by atoms with E-state index < -0.39 is 0 Å². The van der Waals surface area contributed by atoms with Crippen LogP contribution in [-0.4, -0.2) is 20.7 Å². The third-order valence-corrected chi connectivity index (χ3v) is 3.40. The first-order valence-corrected chi connectivity index (χ1v) is 6.72. The van der Waals surface area contributed by atoms with Crippen molar-refractivity contribution in [3.8, 4) is 0 Å². The van der Waals surface area contributed by atoms with Crippen LogP contribution in [0.15, 0.2) is 36.5 Å². The van der Waals surface area contributed by atoms with E-state index in [0.29, 0.717) is 5.56 Å². The fourth-order valence-electron chi connectivity index (χ4n) is 2.36. The van der Waals surface area contributed by atoms with Crippen LogP contribution in [0.5, 0.6) is 0 Å². The second-order valence-electron chi connectivity index (χ2n) is 5.13. The molecule has 5 heteroatoms. The Labute approximate surface area is 122 Å². The third-order valence-electron chi connectivity index (χ3n) is 3.40. The maximum Gasteiger partial charge on any atom is 0.257 e. The van der Waals surface area contributed by atoms with Gasteiger partial charge in [-0.05, 0) is 37.6 Å². The van der Waals surface area contributed by atoms with Crippen molar-refractivity contribution in [2.75, 3.05) is 5.32 Å². The van der Waals surface area contributed by atoms with Gasteiger partial charge in [0.2, 0.25) is 0 Å². The molecular weight excluding hydrogens is 264 g/mol. The molecule has 2 heterocycles. The molecule has 0 spiro atoms. The predicted octanol–water partition coefficient (Wildman–Crippen LogP) is 2.84. The van der Waals surface area contributed by atoms with Gasteiger partial charge in [0.25, 0.3) is 5.91 Å². The van der Waals surface area contributed by atoms with Gasteiger partial charge in [0.15, 0.2) is 5.65 Å². The molecule has 1 amide bonds. The molecule has 5 nitrogen and oxygen atoms in total. The van der Waals surface area contributed by atoms with E-state index >= 15 is 0 Å². The quantitative estimate of drug-likeness (QED) is 0.785. The molecule has 3 rings (SSSR count). The van der Waals surface area contributed by atoms with E-state index in [4.69, 9.17) is 0 Å². The Balaban J connectivity index is 1.93. The van der Waals surface area contributed by atoms with Gasteiger partial charge in [-0.15, -0.1) is 0 Å². The van der Waals surface area contributed by atoms with Gasteiger partial charge in [-0.3, -0.25) is 9.48 Å². The summed E-state index contributed by atoms with van der Waals surface area (Å²) in [6, 6.07) is 9.53. The number of amides is 1. The van der Waals surface area contributed by atoms with Gasteiger partial charge in [0.05, 0.1) is 11.3 Å². The maximum absolute atomic E-state index is 12.3. The van der Waals surface area contributed by atoms with E-state index in [2.05, 4.69) is 15.4 Å². The molecule has 21 heavy (non-hydrogen) atoms. The molecule has 0 aliphatic heterocycles. The van der Waals surface area contributed by atoms with E-state index in [1.807, 2.05) is 51.2 Å². The van der Waals surface area contributed by atoms with Crippen LogP contribution < -0.4 is 5.32 Å². The molecule has 0 fully saturated rings. The van der Waals surface area contributed by atoms with Crippen molar-refractivity contribution < 1.29 is 4.79 Å². The highest BCUT2D eigenvalue weighted by molar-refractivity contribution is 6.05. The molecular formula is C16H16N4O. The van der Waals surface area contributed by atoms with Crippen molar-refractivity contribution in [2.45, 2.75) is 13.8 Å². The van der Waals surface area contributed by atoms with Crippen molar-refractivity contribution in [3.05, 3.63) is 53.3 Å². The minimum atomic E-state index is -0.168. The summed E-state index contributed by atoms with van der Waals surface area (Å²) in [5.74, 6) is -0.168. The van der Waals surface area contributed by atoms with Gasteiger partial charge in [0, 0.05) is 24.3 Å². The second-order valence-corrected chi connectivity index (χ2v) is 5.13. The van der Waals surface area contributed by atoms with Crippen LogP contribution in [0.1, 0.15) is 21.6 Å². The van der Waals surface area contributed by atoms with Crippen molar-refractivity contribution in [1.82, 2.24) is 14.8 Å². The first-order valence-electron chi connectivity index (χ1n) is 6.72. The Morgan fingerprint density at radius 2 is 2.05 bits per heavy atom. The molecule has 0 bridgehead atoms. The summed E-state index contributed by atoms with van der Waals surface area (Å²) in [5.41, 5.74) is 4.05. The molecule has 0 saturated carbocycles. The van der Waals surface area contributed by atoms with Crippen LogP contribution >= 0.6 is 0 Å². The molecule has 3 aromatic rings. The zero-order chi connectivity index (χ0) is 15.0. The smallest absolute Gasteiger partial charge is 0.257 e. The van der Waals surface area contributed by atoms with E-state index in [1.165, 1.54) is 0 Å². The standard InChI is InChI=1S/C16H16N4O/c1-10-5-4-6-13(7-10)18-16(21)12-8-14-11(2)19-20(3)15(14)17-9-12/h4-9H,1-3H3,(H,18,21). The average Bonchev–Trinajstić information content (AvgIpc) is 2.73. The predicted molar refractivity (Wildman–Crippen MR) is 82.4 cm³/mol. The Morgan fingerprint density at radius 1 is 1.24 bits per heavy atom. The average molecular weight is 280 g/mol. The summed E-state index contributed by atoms with van der Waals surface area (Å²) in [5, 5.41) is 8.09. The van der Waals surface area contributed by atoms with Gasteiger partial charge in [-0.25, -0.2) is 4.98 Å². The molecule has 2 aromatic heterocycles. The first-order chi connectivity index (χ1) is 10.0. The SMILES string of the molecule is Cc1cccc(NC(=O)c2cnc3c(c2)c(C)nn3C)c1. The summed E-state index contributed by atoms with van der Waals surface area (Å²) >= 11 is 0. The largest absolute Gasteiger partial charge is 0.322 e. The summed E-state index contributed by atoms with van der Waals surface area (Å²) in [7, 11) is 1.84. The number of aromatic nitrogens is 3. The normalized spacial score (nSPS) is 10.8. The number of anilines is 1. The topological polar surface area (TPSA) is 59.8 Å². The van der Waals surface area contributed by atoms with E-state index in [9.17, 15) is 4.79 Å². The Hall–Kier alpha value is -2.69. The highest BCUT2D eigenvalue weighted by Gasteiger charge is 2.12. The number of carbonyl (C=O) groups excluding carboxylic acids is 1. The van der Waals surface area contributed by atoms with Crippen LogP contribution in [0.3, 0.4) is 0 Å². The van der Waals surface area contributed by atoms with Crippen molar-refractivity contribution in [1.29, 1.82) is 0 Å². The Morgan fingerprint density at radius 3 is 2.81 bits per heavy atom. The minimum absolute atomic E-state index is 0.168. The van der Waals surface area contributed by atoms with Crippen molar-refractivity contribution >= 4 is 22.6 Å². The molecule has 106 valence electrons. The molecule has 0 radical (unpaired) electrons. The fraction of sp³-hybridized carbons (Fsp3) is 0.188. The van der Waals surface area contributed by atoms with E-state index in [0.717, 1.165) is 28.0 Å². The number of fused-ring (bicyclic) bond motifs is 1. The number of rotatable bonds is 2. The van der Waals surface area contributed by atoms with Gasteiger partial charge >= 0.3 is 0 Å². The molecule has 0 saturated heterocycles. The highest BCUT2D eigenvalue weighted by Crippen LogP contribution is 2.18. The number of nitrogens with one attached hydrogen (secondary N) is 1. The molecule has 0 atom stereocenters. The van der Waals surface area contributed by atoms with Crippen molar-refractivity contribution in [3.63, 3.8) is 0 Å². The van der Waals surface area contributed by atoms with Gasteiger partial charge in [0.1, 0.15) is 0 Å². The van der Waals surface area contributed by atoms with Crippen LogP contribution in [0, 0.1) is 13.8 Å². The van der Waals surface area contributed by atoms with Crippen LogP contribution in [0.4, 0.5) is 5.69 Å². The molecule has 1 aromatic carbocycles. The van der Waals surface area contributed by atoms with Gasteiger partial charge in [-0.1, -0.05) is 12.1 Å². The molecule has 0 unspecified atom stereocenters. The lowest BCUT2D eigenvalue weighted by Gasteiger charge is -2.06. The molecule has 0 aliphatic rings. The van der Waals surface area contributed by atoms with E-state index in [-0.39, 0.29) is 5.91 Å². The van der Waals surface area contributed by atoms with Crippen LogP contribution in [0.2, 0.25) is 0 Å². The summed E-state index contributed by atoms with van der Waals surface area (Å²) in [4.78, 5) is 16.6.